The molecule has 12 heavy (non-hydrogen) atoms. The van der Waals surface area contributed by atoms with Crippen LogP contribution in [0.5, 0.6) is 0 Å². The lowest BCUT2D eigenvalue weighted by Gasteiger charge is -2.04. The zero-order valence-corrected chi connectivity index (χ0v) is 9.53. The van der Waals surface area contributed by atoms with Gasteiger partial charge in [0.25, 0.3) is 0 Å². The summed E-state index contributed by atoms with van der Waals surface area (Å²) < 4.78 is 10.3. The lowest BCUT2D eigenvalue weighted by molar-refractivity contribution is 0.290. The van der Waals surface area contributed by atoms with Crippen molar-refractivity contribution in [2.45, 2.75) is 32.6 Å². The fraction of sp³-hybridized carbons (Fsp3) is 0.778. The Labute approximate surface area is 77.4 Å². The van der Waals surface area contributed by atoms with Gasteiger partial charge >= 0.3 is 9.28 Å². The van der Waals surface area contributed by atoms with E-state index in [0.29, 0.717) is 0 Å². The second-order valence-corrected chi connectivity index (χ2v) is 4.83. The van der Waals surface area contributed by atoms with Crippen LogP contribution >= 0.6 is 0 Å². The normalized spacial score (nSPS) is 11.7. The molecule has 0 amide bonds. The Hall–Kier alpha value is -0.123. The Balaban J connectivity index is 3.32. The molecule has 0 saturated carbocycles. The van der Waals surface area contributed by atoms with Crippen molar-refractivity contribution in [3.8, 4) is 0 Å². The molecule has 3 heteroatoms. The lowest BCUT2D eigenvalue weighted by atomic mass is 10.2. The predicted molar refractivity (Wildman–Crippen MR) is 54.4 cm³/mol. The molecule has 0 N–H and O–H groups in total. The smallest absolute Gasteiger partial charge is 0.347 e. The van der Waals surface area contributed by atoms with E-state index in [2.05, 4.69) is 18.7 Å². The van der Waals surface area contributed by atoms with E-state index < -0.39 is 9.28 Å². The van der Waals surface area contributed by atoms with Crippen molar-refractivity contribution in [3.63, 3.8) is 0 Å². The van der Waals surface area contributed by atoms with Gasteiger partial charge in [-0.2, -0.15) is 0 Å². The van der Waals surface area contributed by atoms with Crippen LogP contribution in [0, 0.1) is 0 Å². The van der Waals surface area contributed by atoms with E-state index in [0.717, 1.165) is 6.42 Å². The van der Waals surface area contributed by atoms with Crippen molar-refractivity contribution < 1.29 is 8.85 Å². The fourth-order valence-corrected chi connectivity index (χ4v) is 1.89. The monoisotopic (exact) mass is 188 g/mol. The molecule has 0 aromatic heterocycles. The molecule has 0 aromatic carbocycles. The third-order valence-electron chi connectivity index (χ3n) is 1.73. The number of unbranched alkanes of at least 4 members (excludes halogenated alkanes) is 3. The van der Waals surface area contributed by atoms with Crippen molar-refractivity contribution in [2.75, 3.05) is 14.2 Å². The molecule has 0 aliphatic heterocycles. The minimum absolute atomic E-state index is 1.16. The van der Waals surface area contributed by atoms with Gasteiger partial charge in [-0.05, 0) is 18.5 Å². The van der Waals surface area contributed by atoms with Crippen molar-refractivity contribution in [1.29, 1.82) is 0 Å². The highest BCUT2D eigenvalue weighted by molar-refractivity contribution is 6.50. The summed E-state index contributed by atoms with van der Waals surface area (Å²) >= 11 is 0. The summed E-state index contributed by atoms with van der Waals surface area (Å²) in [6, 6.07) is 0. The molecule has 0 aromatic rings. The third kappa shape index (κ3) is 6.58. The fourth-order valence-electron chi connectivity index (χ4n) is 0.973. The molecular weight excluding hydrogens is 168 g/mol. The minimum atomic E-state index is -1.42. The van der Waals surface area contributed by atoms with Gasteiger partial charge in [0.1, 0.15) is 0 Å². The highest BCUT2D eigenvalue weighted by Crippen LogP contribution is 2.00. The van der Waals surface area contributed by atoms with E-state index in [1.54, 1.807) is 14.2 Å². The molecule has 0 heterocycles. The Morgan fingerprint density at radius 3 is 2.33 bits per heavy atom. The molecule has 72 valence electrons. The quantitative estimate of drug-likeness (QED) is 0.450. The van der Waals surface area contributed by atoms with Crippen LogP contribution < -0.4 is 0 Å². The van der Waals surface area contributed by atoms with Crippen molar-refractivity contribution in [1.82, 2.24) is 0 Å². The van der Waals surface area contributed by atoms with Crippen LogP contribution in [0.25, 0.3) is 0 Å². The van der Waals surface area contributed by atoms with Gasteiger partial charge in [0.15, 0.2) is 0 Å². The van der Waals surface area contributed by atoms with Crippen LogP contribution in [0.3, 0.4) is 0 Å². The molecule has 0 bridgehead atoms. The maximum Gasteiger partial charge on any atom is 0.347 e. The lowest BCUT2D eigenvalue weighted by Crippen LogP contribution is -2.15. The first-order valence-electron chi connectivity index (χ1n) is 4.57. The van der Waals surface area contributed by atoms with Crippen LogP contribution in [0.1, 0.15) is 32.6 Å². The molecule has 0 radical (unpaired) electrons. The summed E-state index contributed by atoms with van der Waals surface area (Å²) in [5.74, 6) is 0. The Morgan fingerprint density at radius 2 is 1.83 bits per heavy atom. The molecule has 0 fully saturated rings. The zero-order chi connectivity index (χ0) is 9.23. The average Bonchev–Trinajstić information content (AvgIpc) is 2.11. The molecule has 0 spiro atoms. The first-order valence-corrected chi connectivity index (χ1v) is 6.18. The molecule has 0 rings (SSSR count). The first-order chi connectivity index (χ1) is 5.85. The van der Waals surface area contributed by atoms with Crippen molar-refractivity contribution in [3.05, 3.63) is 11.8 Å². The van der Waals surface area contributed by atoms with Crippen LogP contribution in [0.15, 0.2) is 11.8 Å². The van der Waals surface area contributed by atoms with Gasteiger partial charge in [-0.15, -0.1) is 0 Å². The van der Waals surface area contributed by atoms with Gasteiger partial charge in [-0.3, -0.25) is 0 Å². The second-order valence-electron chi connectivity index (χ2n) is 2.76. The maximum atomic E-state index is 5.14. The number of hydrogen-bond acceptors (Lipinski definition) is 2. The van der Waals surface area contributed by atoms with E-state index >= 15 is 0 Å². The molecular formula is C9H20O2Si. The summed E-state index contributed by atoms with van der Waals surface area (Å²) in [6.07, 6.45) is 7.21. The minimum Gasteiger partial charge on any atom is -0.397 e. The summed E-state index contributed by atoms with van der Waals surface area (Å²) in [6.45, 7) is 2.21. The molecule has 0 saturated heterocycles. The summed E-state index contributed by atoms with van der Waals surface area (Å²) in [4.78, 5) is 0. The Bertz CT molecular complexity index is 111. The second kappa shape index (κ2) is 8.97. The van der Waals surface area contributed by atoms with Crippen molar-refractivity contribution >= 4 is 9.28 Å². The third-order valence-corrected chi connectivity index (χ3v) is 3.25. The topological polar surface area (TPSA) is 18.5 Å². The molecule has 0 atom stereocenters. The number of rotatable bonds is 7. The highest BCUT2D eigenvalue weighted by Gasteiger charge is 2.01. The van der Waals surface area contributed by atoms with Gasteiger partial charge in [0.05, 0.1) is 0 Å². The van der Waals surface area contributed by atoms with Crippen molar-refractivity contribution in [2.24, 2.45) is 0 Å². The van der Waals surface area contributed by atoms with Gasteiger partial charge in [0, 0.05) is 14.2 Å². The van der Waals surface area contributed by atoms with E-state index in [4.69, 9.17) is 8.85 Å². The molecule has 2 nitrogen and oxygen atoms in total. The Kier molecular flexibility index (Phi) is 8.88. The van der Waals surface area contributed by atoms with E-state index in [1.165, 1.54) is 19.3 Å². The predicted octanol–water partition coefficient (Wildman–Crippen LogP) is 2.18. The van der Waals surface area contributed by atoms with E-state index in [-0.39, 0.29) is 0 Å². The molecule has 0 unspecified atom stereocenters. The maximum absolute atomic E-state index is 5.14. The number of allylic oxidation sites excluding steroid dienone is 1. The SMILES string of the molecule is CCCCCC=C[SiH](OC)OC. The molecule has 0 aliphatic carbocycles. The van der Waals surface area contributed by atoms with Crippen LogP contribution in [0.4, 0.5) is 0 Å². The summed E-state index contributed by atoms with van der Waals surface area (Å²) in [5.41, 5.74) is 2.09. The molecule has 0 aliphatic rings. The summed E-state index contributed by atoms with van der Waals surface area (Å²) in [7, 11) is 1.99. The van der Waals surface area contributed by atoms with Crippen LogP contribution in [0.2, 0.25) is 0 Å². The zero-order valence-electron chi connectivity index (χ0n) is 8.38. The Morgan fingerprint density at radius 1 is 1.17 bits per heavy atom. The van der Waals surface area contributed by atoms with Gasteiger partial charge in [-0.25, -0.2) is 0 Å². The van der Waals surface area contributed by atoms with Crippen LogP contribution in [-0.4, -0.2) is 23.5 Å². The average molecular weight is 188 g/mol. The van der Waals surface area contributed by atoms with Gasteiger partial charge < -0.3 is 8.85 Å². The first kappa shape index (κ1) is 11.9. The highest BCUT2D eigenvalue weighted by atomic mass is 28.3. The van der Waals surface area contributed by atoms with Gasteiger partial charge in [-0.1, -0.05) is 25.8 Å². The van der Waals surface area contributed by atoms with E-state index in [9.17, 15) is 0 Å². The standard InChI is InChI=1S/C9H20O2Si/c1-4-5-6-7-8-9-12(10-2)11-3/h8-9,12H,4-7H2,1-3H3. The number of hydrogen-bond donors (Lipinski definition) is 0. The summed E-state index contributed by atoms with van der Waals surface area (Å²) in [5, 5.41) is 0. The van der Waals surface area contributed by atoms with Gasteiger partial charge in [0.2, 0.25) is 0 Å². The largest absolute Gasteiger partial charge is 0.397 e. The van der Waals surface area contributed by atoms with E-state index in [1.807, 2.05) is 0 Å². The van der Waals surface area contributed by atoms with Crippen LogP contribution in [-0.2, 0) is 8.85 Å².